The quantitative estimate of drug-likeness (QED) is 0.884. The van der Waals surface area contributed by atoms with Crippen molar-refractivity contribution in [3.05, 3.63) is 41.1 Å². The number of likely N-dealkylation sites (N-methyl/N-ethyl adjacent to an activating group) is 1. The molecule has 1 aromatic carbocycles. The van der Waals surface area contributed by atoms with Crippen molar-refractivity contribution in [3.63, 3.8) is 0 Å². The Balaban J connectivity index is 2.15. The lowest BCUT2D eigenvalue weighted by Gasteiger charge is -2.31. The van der Waals surface area contributed by atoms with E-state index in [-0.39, 0.29) is 11.7 Å². The fraction of sp³-hybridized carbons (Fsp3) is 0.375. The number of amides is 1. The molecule has 1 aliphatic heterocycles. The molecule has 0 saturated heterocycles. The molecule has 2 heterocycles. The Morgan fingerprint density at radius 2 is 2.12 bits per heavy atom. The molecule has 1 atom stereocenters. The Bertz CT molecular complexity index is 793. The highest BCUT2D eigenvalue weighted by Gasteiger charge is 2.35. The van der Waals surface area contributed by atoms with Crippen LogP contribution in [0.3, 0.4) is 0 Å². The fourth-order valence-electron chi connectivity index (χ4n) is 2.97. The molecule has 0 bridgehead atoms. The van der Waals surface area contributed by atoms with E-state index in [0.717, 1.165) is 5.56 Å². The lowest BCUT2D eigenvalue weighted by atomic mass is 9.94. The Hall–Kier alpha value is -2.90. The average Bonchev–Trinajstić information content (AvgIpc) is 3.02. The van der Waals surface area contributed by atoms with Crippen molar-refractivity contribution >= 4 is 11.9 Å². The number of hydrogen-bond acceptors (Lipinski definition) is 6. The van der Waals surface area contributed by atoms with Crippen molar-refractivity contribution in [3.8, 4) is 5.75 Å². The molecule has 126 valence electrons. The minimum atomic E-state index is -0.489. The van der Waals surface area contributed by atoms with E-state index < -0.39 is 6.04 Å². The molecule has 0 spiro atoms. The van der Waals surface area contributed by atoms with E-state index in [1.165, 1.54) is 0 Å². The minimum absolute atomic E-state index is 0.0699. The van der Waals surface area contributed by atoms with Crippen molar-refractivity contribution in [1.82, 2.24) is 25.1 Å². The molecule has 8 nitrogen and oxygen atoms in total. The number of benzene rings is 1. The van der Waals surface area contributed by atoms with Crippen LogP contribution in [0, 0.1) is 0 Å². The lowest BCUT2D eigenvalue weighted by molar-refractivity contribution is -0.127. The Labute approximate surface area is 139 Å². The largest absolute Gasteiger partial charge is 0.508 e. The highest BCUT2D eigenvalue weighted by molar-refractivity contribution is 5.96. The number of phenols is 1. The van der Waals surface area contributed by atoms with E-state index in [4.69, 9.17) is 0 Å². The van der Waals surface area contributed by atoms with Crippen molar-refractivity contribution in [2.24, 2.45) is 0 Å². The number of tetrazole rings is 1. The first-order valence-corrected chi connectivity index (χ1v) is 7.90. The van der Waals surface area contributed by atoms with Gasteiger partial charge in [-0.25, -0.2) is 0 Å². The Morgan fingerprint density at radius 3 is 2.79 bits per heavy atom. The van der Waals surface area contributed by atoms with Gasteiger partial charge in [0.05, 0.1) is 5.57 Å². The summed E-state index contributed by atoms with van der Waals surface area (Å²) in [6.07, 6.45) is 0. The summed E-state index contributed by atoms with van der Waals surface area (Å²) in [7, 11) is 0. The number of phenolic OH excluding ortho intramolecular Hbond substituents is 1. The Kier molecular flexibility index (Phi) is 4.20. The van der Waals surface area contributed by atoms with Crippen LogP contribution < -0.4 is 5.32 Å². The number of nitrogens with zero attached hydrogens (tertiary/aromatic N) is 5. The average molecular weight is 328 g/mol. The van der Waals surface area contributed by atoms with Gasteiger partial charge in [0.25, 0.3) is 5.91 Å². The monoisotopic (exact) mass is 328 g/mol. The predicted molar refractivity (Wildman–Crippen MR) is 88.3 cm³/mol. The van der Waals surface area contributed by atoms with Crippen LogP contribution in [0.15, 0.2) is 35.5 Å². The number of fused-ring (bicyclic) bond motifs is 1. The molecular weight excluding hydrogens is 308 g/mol. The predicted octanol–water partition coefficient (Wildman–Crippen LogP) is 1.54. The number of aromatic nitrogens is 4. The van der Waals surface area contributed by atoms with Crippen molar-refractivity contribution in [2.75, 3.05) is 18.4 Å². The topological polar surface area (TPSA) is 96.2 Å². The molecule has 1 aliphatic rings. The van der Waals surface area contributed by atoms with E-state index in [2.05, 4.69) is 20.8 Å². The second kappa shape index (κ2) is 6.31. The molecule has 2 aromatic rings. The zero-order valence-corrected chi connectivity index (χ0v) is 13.9. The van der Waals surface area contributed by atoms with Gasteiger partial charge in [-0.3, -0.25) is 4.79 Å². The minimum Gasteiger partial charge on any atom is -0.508 e. The fourth-order valence-corrected chi connectivity index (χ4v) is 2.97. The zero-order chi connectivity index (χ0) is 17.3. The maximum atomic E-state index is 13.1. The van der Waals surface area contributed by atoms with Gasteiger partial charge in [-0.15, -0.1) is 0 Å². The molecule has 0 radical (unpaired) electrons. The van der Waals surface area contributed by atoms with E-state index in [0.29, 0.717) is 30.3 Å². The van der Waals surface area contributed by atoms with Gasteiger partial charge in [0, 0.05) is 18.8 Å². The van der Waals surface area contributed by atoms with Gasteiger partial charge in [-0.1, -0.05) is 17.2 Å². The van der Waals surface area contributed by atoms with Crippen LogP contribution in [0.25, 0.3) is 0 Å². The molecule has 1 amide bonds. The molecule has 3 rings (SSSR count). The second-order valence-corrected chi connectivity index (χ2v) is 5.59. The summed E-state index contributed by atoms with van der Waals surface area (Å²) >= 11 is 0. The van der Waals surface area contributed by atoms with E-state index in [9.17, 15) is 9.90 Å². The third kappa shape index (κ3) is 2.60. The molecule has 2 N–H and O–H groups in total. The van der Waals surface area contributed by atoms with Gasteiger partial charge >= 0.3 is 0 Å². The number of anilines is 1. The van der Waals surface area contributed by atoms with E-state index >= 15 is 0 Å². The first kappa shape index (κ1) is 16.0. The number of allylic oxidation sites excluding steroid dienone is 1. The summed E-state index contributed by atoms with van der Waals surface area (Å²) in [6, 6.07) is 6.32. The lowest BCUT2D eigenvalue weighted by Crippen LogP contribution is -2.38. The van der Waals surface area contributed by atoms with E-state index in [1.54, 1.807) is 27.8 Å². The highest BCUT2D eigenvalue weighted by Crippen LogP contribution is 2.36. The smallest absolute Gasteiger partial charge is 0.254 e. The number of carbonyl (C=O) groups is 1. The molecule has 0 unspecified atom stereocenters. The Morgan fingerprint density at radius 1 is 1.38 bits per heavy atom. The van der Waals surface area contributed by atoms with Crippen LogP contribution >= 0.6 is 0 Å². The molecule has 0 fully saturated rings. The van der Waals surface area contributed by atoms with Gasteiger partial charge in [-0.05, 0) is 48.9 Å². The summed E-state index contributed by atoms with van der Waals surface area (Å²) in [6.45, 7) is 6.95. The molecule has 1 aromatic heterocycles. The molecular formula is C16H20N6O2. The normalized spacial score (nSPS) is 16.5. The standard InChI is InChI=1S/C16H20N6O2/c1-4-21(5-2)15(24)13-10(3)17-16-18-19-20-22(16)14(13)11-7-6-8-12(23)9-11/h6-9,14,23H,4-5H2,1-3H3,(H,17,18,20)/t14-/m0/s1. The molecule has 8 heteroatoms. The van der Waals surface area contributed by atoms with Crippen LogP contribution in [0.4, 0.5) is 5.95 Å². The molecule has 0 aliphatic carbocycles. The van der Waals surface area contributed by atoms with Gasteiger partial charge in [0.2, 0.25) is 5.95 Å². The third-order valence-electron chi connectivity index (χ3n) is 4.18. The third-order valence-corrected chi connectivity index (χ3v) is 4.18. The zero-order valence-electron chi connectivity index (χ0n) is 13.9. The first-order chi connectivity index (χ1) is 11.6. The number of nitrogens with one attached hydrogen (secondary N) is 1. The number of hydrogen-bond donors (Lipinski definition) is 2. The maximum absolute atomic E-state index is 13.1. The number of aromatic hydroxyl groups is 1. The summed E-state index contributed by atoms with van der Waals surface area (Å²) < 4.78 is 1.57. The van der Waals surface area contributed by atoms with Crippen LogP contribution in [0.2, 0.25) is 0 Å². The first-order valence-electron chi connectivity index (χ1n) is 7.90. The van der Waals surface area contributed by atoms with Crippen molar-refractivity contribution in [2.45, 2.75) is 26.8 Å². The summed E-state index contributed by atoms with van der Waals surface area (Å²) in [5.41, 5.74) is 2.03. The molecule has 0 saturated carbocycles. The number of rotatable bonds is 4. The van der Waals surface area contributed by atoms with Crippen molar-refractivity contribution < 1.29 is 9.90 Å². The van der Waals surface area contributed by atoms with Gasteiger partial charge in [0.1, 0.15) is 11.8 Å². The maximum Gasteiger partial charge on any atom is 0.254 e. The number of carbonyl (C=O) groups excluding carboxylic acids is 1. The second-order valence-electron chi connectivity index (χ2n) is 5.59. The van der Waals surface area contributed by atoms with Gasteiger partial charge < -0.3 is 15.3 Å². The summed E-state index contributed by atoms with van der Waals surface area (Å²) in [4.78, 5) is 14.8. The van der Waals surface area contributed by atoms with E-state index in [1.807, 2.05) is 26.8 Å². The highest BCUT2D eigenvalue weighted by atomic mass is 16.3. The van der Waals surface area contributed by atoms with Crippen LogP contribution in [0.1, 0.15) is 32.4 Å². The summed E-state index contributed by atoms with van der Waals surface area (Å²) in [5.74, 6) is 0.532. The van der Waals surface area contributed by atoms with Gasteiger partial charge in [0.15, 0.2) is 0 Å². The SMILES string of the molecule is CCN(CC)C(=O)C1=C(C)Nc2nnnn2[C@H]1c1cccc(O)c1. The van der Waals surface area contributed by atoms with Crippen LogP contribution in [-0.4, -0.2) is 49.2 Å². The molecule has 24 heavy (non-hydrogen) atoms. The van der Waals surface area contributed by atoms with Crippen molar-refractivity contribution in [1.29, 1.82) is 0 Å². The van der Waals surface area contributed by atoms with Crippen LogP contribution in [-0.2, 0) is 4.79 Å². The van der Waals surface area contributed by atoms with Crippen LogP contribution in [0.5, 0.6) is 5.75 Å². The van der Waals surface area contributed by atoms with Gasteiger partial charge in [-0.2, -0.15) is 4.68 Å². The summed E-state index contributed by atoms with van der Waals surface area (Å²) in [5, 5.41) is 24.6.